The molecule has 3 nitrogen and oxygen atoms in total. The number of ether oxygens (including phenoxy) is 1. The minimum atomic E-state index is -0.242. The molecule has 0 radical (unpaired) electrons. The first-order chi connectivity index (χ1) is 5.47. The van der Waals surface area contributed by atoms with E-state index in [-0.39, 0.29) is 5.60 Å². The van der Waals surface area contributed by atoms with Crippen molar-refractivity contribution in [2.24, 2.45) is 0 Å². The van der Waals surface area contributed by atoms with Gasteiger partial charge in [0.1, 0.15) is 5.60 Å². The quantitative estimate of drug-likeness (QED) is 0.744. The molecule has 0 fully saturated rings. The molecule has 1 heterocycles. The molecule has 0 bridgehead atoms. The summed E-state index contributed by atoms with van der Waals surface area (Å²) in [5.74, 6) is 0. The molecule has 0 aliphatic rings. The van der Waals surface area contributed by atoms with E-state index < -0.39 is 0 Å². The van der Waals surface area contributed by atoms with Gasteiger partial charge in [0.05, 0.1) is 4.47 Å². The Balaban J connectivity index is 2.71. The molecule has 0 spiro atoms. The highest BCUT2D eigenvalue weighted by Gasteiger charge is 2.12. The summed E-state index contributed by atoms with van der Waals surface area (Å²) in [6.45, 7) is 5.87. The largest absolute Gasteiger partial charge is 0.458 e. The fourth-order valence-corrected chi connectivity index (χ4v) is 0.832. The summed E-state index contributed by atoms with van der Waals surface area (Å²) >= 11 is 3.24. The molecule has 0 aliphatic heterocycles. The highest BCUT2D eigenvalue weighted by atomic mass is 79.9. The summed E-state index contributed by atoms with van der Waals surface area (Å²) in [6, 6.07) is 0.408. The van der Waals surface area contributed by atoms with Gasteiger partial charge in [-0.2, -0.15) is 0 Å². The van der Waals surface area contributed by atoms with Crippen molar-refractivity contribution in [3.8, 4) is 6.01 Å². The van der Waals surface area contributed by atoms with Gasteiger partial charge in [-0.1, -0.05) is 0 Å². The summed E-state index contributed by atoms with van der Waals surface area (Å²) in [7, 11) is 0. The highest BCUT2D eigenvalue weighted by Crippen LogP contribution is 2.13. The Kier molecular flexibility index (Phi) is 2.67. The van der Waals surface area contributed by atoms with Gasteiger partial charge in [-0.3, -0.25) is 0 Å². The maximum absolute atomic E-state index is 5.41. The molecule has 1 rings (SSSR count). The van der Waals surface area contributed by atoms with Crippen LogP contribution in [0.15, 0.2) is 16.9 Å². The van der Waals surface area contributed by atoms with Crippen molar-refractivity contribution in [3.63, 3.8) is 0 Å². The van der Waals surface area contributed by atoms with E-state index in [1.165, 1.54) is 0 Å². The predicted molar refractivity (Wildman–Crippen MR) is 50.1 cm³/mol. The van der Waals surface area contributed by atoms with Crippen LogP contribution in [0.1, 0.15) is 20.8 Å². The fraction of sp³-hybridized carbons (Fsp3) is 0.500. The Morgan fingerprint density at radius 1 is 1.25 bits per heavy atom. The van der Waals surface area contributed by atoms with Crippen molar-refractivity contribution in [3.05, 3.63) is 16.9 Å². The van der Waals surface area contributed by atoms with Crippen LogP contribution in [-0.4, -0.2) is 15.6 Å². The average molecular weight is 231 g/mol. The predicted octanol–water partition coefficient (Wildman–Crippen LogP) is 2.42. The Labute approximate surface area is 80.3 Å². The van der Waals surface area contributed by atoms with Gasteiger partial charge in [-0.25, -0.2) is 9.97 Å². The van der Waals surface area contributed by atoms with Crippen LogP contribution in [0.4, 0.5) is 0 Å². The summed E-state index contributed by atoms with van der Waals surface area (Å²) in [4.78, 5) is 7.97. The van der Waals surface area contributed by atoms with E-state index in [0.29, 0.717) is 6.01 Å². The van der Waals surface area contributed by atoms with Crippen molar-refractivity contribution >= 4 is 15.9 Å². The van der Waals surface area contributed by atoms with Crippen LogP contribution in [0.2, 0.25) is 0 Å². The van der Waals surface area contributed by atoms with Crippen LogP contribution in [0.5, 0.6) is 6.01 Å². The van der Waals surface area contributed by atoms with Gasteiger partial charge in [-0.15, -0.1) is 0 Å². The third-order valence-electron chi connectivity index (χ3n) is 0.994. The molecular weight excluding hydrogens is 220 g/mol. The molecule has 4 heteroatoms. The Morgan fingerprint density at radius 3 is 2.17 bits per heavy atom. The van der Waals surface area contributed by atoms with Gasteiger partial charge in [0.25, 0.3) is 0 Å². The molecule has 1 aromatic rings. The summed E-state index contributed by atoms with van der Waals surface area (Å²) in [5, 5.41) is 0. The van der Waals surface area contributed by atoms with Crippen LogP contribution in [-0.2, 0) is 0 Å². The number of hydrogen-bond acceptors (Lipinski definition) is 3. The maximum Gasteiger partial charge on any atom is 0.316 e. The Bertz CT molecular complexity index is 253. The molecule has 0 aliphatic carbocycles. The third-order valence-corrected chi connectivity index (χ3v) is 1.40. The molecule has 0 saturated carbocycles. The molecule has 66 valence electrons. The molecule has 1 aromatic heterocycles. The van der Waals surface area contributed by atoms with E-state index in [0.717, 1.165) is 4.47 Å². The van der Waals surface area contributed by atoms with E-state index in [1.54, 1.807) is 12.4 Å². The second-order valence-electron chi connectivity index (χ2n) is 3.40. The lowest BCUT2D eigenvalue weighted by atomic mass is 10.2. The lowest BCUT2D eigenvalue weighted by Crippen LogP contribution is -2.24. The first kappa shape index (κ1) is 9.45. The molecule has 0 aromatic carbocycles. The molecular formula is C8H11BrN2O. The number of aromatic nitrogens is 2. The third kappa shape index (κ3) is 3.17. The van der Waals surface area contributed by atoms with Crippen LogP contribution in [0.25, 0.3) is 0 Å². The summed E-state index contributed by atoms with van der Waals surface area (Å²) in [5.41, 5.74) is -0.242. The van der Waals surface area contributed by atoms with E-state index in [4.69, 9.17) is 4.74 Å². The topological polar surface area (TPSA) is 35.0 Å². The second kappa shape index (κ2) is 3.39. The Hall–Kier alpha value is -0.640. The van der Waals surface area contributed by atoms with E-state index in [9.17, 15) is 0 Å². The van der Waals surface area contributed by atoms with E-state index in [1.807, 2.05) is 20.8 Å². The van der Waals surface area contributed by atoms with Crippen LogP contribution in [0.3, 0.4) is 0 Å². The number of nitrogens with zero attached hydrogens (tertiary/aromatic N) is 2. The van der Waals surface area contributed by atoms with Gasteiger partial charge in [-0.05, 0) is 36.7 Å². The first-order valence-corrected chi connectivity index (χ1v) is 4.43. The van der Waals surface area contributed by atoms with E-state index >= 15 is 0 Å². The zero-order valence-corrected chi connectivity index (χ0v) is 8.92. The van der Waals surface area contributed by atoms with Crippen molar-refractivity contribution in [1.29, 1.82) is 0 Å². The standard InChI is InChI=1S/C8H11BrN2O/c1-8(2,3)12-7-10-4-6(9)5-11-7/h4-5H,1-3H3. The molecule has 0 N–H and O–H groups in total. The minimum Gasteiger partial charge on any atom is -0.458 e. The van der Waals surface area contributed by atoms with Crippen molar-refractivity contribution in [2.45, 2.75) is 26.4 Å². The molecule has 0 unspecified atom stereocenters. The molecule has 0 atom stereocenters. The zero-order valence-electron chi connectivity index (χ0n) is 7.34. The smallest absolute Gasteiger partial charge is 0.316 e. The lowest BCUT2D eigenvalue weighted by Gasteiger charge is -2.18. The molecule has 0 amide bonds. The summed E-state index contributed by atoms with van der Waals surface area (Å²) in [6.07, 6.45) is 3.32. The monoisotopic (exact) mass is 230 g/mol. The second-order valence-corrected chi connectivity index (χ2v) is 4.31. The minimum absolute atomic E-state index is 0.242. The van der Waals surface area contributed by atoms with Gasteiger partial charge in [0.15, 0.2) is 0 Å². The van der Waals surface area contributed by atoms with Crippen LogP contribution < -0.4 is 4.74 Å². The van der Waals surface area contributed by atoms with Gasteiger partial charge in [0, 0.05) is 12.4 Å². The average Bonchev–Trinajstić information content (AvgIpc) is 1.91. The zero-order chi connectivity index (χ0) is 9.19. The lowest BCUT2D eigenvalue weighted by molar-refractivity contribution is 0.116. The normalized spacial score (nSPS) is 11.3. The maximum atomic E-state index is 5.41. The SMILES string of the molecule is CC(C)(C)Oc1ncc(Br)cn1. The molecule has 0 saturated heterocycles. The fourth-order valence-electron chi connectivity index (χ4n) is 0.627. The van der Waals surface area contributed by atoms with Crippen molar-refractivity contribution in [2.75, 3.05) is 0 Å². The van der Waals surface area contributed by atoms with Gasteiger partial charge >= 0.3 is 6.01 Å². The summed E-state index contributed by atoms with van der Waals surface area (Å²) < 4.78 is 6.26. The number of rotatable bonds is 1. The van der Waals surface area contributed by atoms with Crippen molar-refractivity contribution in [1.82, 2.24) is 9.97 Å². The number of hydrogen-bond donors (Lipinski definition) is 0. The van der Waals surface area contributed by atoms with E-state index in [2.05, 4.69) is 25.9 Å². The Morgan fingerprint density at radius 2 is 1.75 bits per heavy atom. The van der Waals surface area contributed by atoms with Crippen LogP contribution in [0, 0.1) is 0 Å². The number of halogens is 1. The molecule has 12 heavy (non-hydrogen) atoms. The van der Waals surface area contributed by atoms with Gasteiger partial charge in [0.2, 0.25) is 0 Å². The van der Waals surface area contributed by atoms with Gasteiger partial charge < -0.3 is 4.74 Å². The van der Waals surface area contributed by atoms with Crippen LogP contribution >= 0.6 is 15.9 Å². The highest BCUT2D eigenvalue weighted by molar-refractivity contribution is 9.10. The van der Waals surface area contributed by atoms with Crippen molar-refractivity contribution < 1.29 is 4.74 Å². The first-order valence-electron chi connectivity index (χ1n) is 3.64.